The average Bonchev–Trinajstić information content (AvgIpc) is 2.83. The predicted molar refractivity (Wildman–Crippen MR) is 80.6 cm³/mol. The molecule has 0 amide bonds. The summed E-state index contributed by atoms with van der Waals surface area (Å²) in [6.07, 6.45) is 4.62. The number of aromatic nitrogens is 1. The number of likely N-dealkylation sites (tertiary alicyclic amines) is 1. The summed E-state index contributed by atoms with van der Waals surface area (Å²) in [6.45, 7) is 4.44. The first kappa shape index (κ1) is 14.3. The Balaban J connectivity index is 1.97. The van der Waals surface area contributed by atoms with Crippen molar-refractivity contribution in [2.75, 3.05) is 39.1 Å². The van der Waals surface area contributed by atoms with Crippen LogP contribution in [-0.4, -0.2) is 50.2 Å². The van der Waals surface area contributed by atoms with Gasteiger partial charge < -0.3 is 15.1 Å². The summed E-state index contributed by atoms with van der Waals surface area (Å²) in [5.41, 5.74) is 2.30. The predicted octanol–water partition coefficient (Wildman–Crippen LogP) is 1.89. The number of likely N-dealkylation sites (N-methyl/N-ethyl adjacent to an activating group) is 2. The highest BCUT2D eigenvalue weighted by atomic mass is 15.2. The standard InChI is InChI=1S/C15H26N4/c1-12(16-2)15-8-7-13(10-17-15)19(4)11-14-6-5-9-18(14)3/h7-8,10,12,14,16H,5-6,9,11H2,1-4H3. The zero-order valence-corrected chi connectivity index (χ0v) is 12.6. The van der Waals surface area contributed by atoms with E-state index in [1.807, 2.05) is 13.2 Å². The van der Waals surface area contributed by atoms with Crippen LogP contribution in [0.2, 0.25) is 0 Å². The first-order valence-corrected chi connectivity index (χ1v) is 7.16. The maximum absolute atomic E-state index is 4.55. The third-order valence-electron chi connectivity index (χ3n) is 4.24. The van der Waals surface area contributed by atoms with Crippen LogP contribution in [0.5, 0.6) is 0 Å². The lowest BCUT2D eigenvalue weighted by Gasteiger charge is -2.27. The van der Waals surface area contributed by atoms with Gasteiger partial charge in [0.1, 0.15) is 0 Å². The van der Waals surface area contributed by atoms with E-state index in [1.165, 1.54) is 25.1 Å². The molecule has 1 aromatic heterocycles. The lowest BCUT2D eigenvalue weighted by atomic mass is 10.2. The summed E-state index contributed by atoms with van der Waals surface area (Å²) in [7, 11) is 6.34. The number of rotatable bonds is 5. The van der Waals surface area contributed by atoms with Gasteiger partial charge >= 0.3 is 0 Å². The Hall–Kier alpha value is -1.13. The van der Waals surface area contributed by atoms with Crippen LogP contribution in [0, 0.1) is 0 Å². The molecule has 1 N–H and O–H groups in total. The highest BCUT2D eigenvalue weighted by Gasteiger charge is 2.22. The molecule has 0 spiro atoms. The fraction of sp³-hybridized carbons (Fsp3) is 0.667. The Morgan fingerprint density at radius 3 is 2.84 bits per heavy atom. The van der Waals surface area contributed by atoms with Crippen LogP contribution in [0.25, 0.3) is 0 Å². The van der Waals surface area contributed by atoms with E-state index in [9.17, 15) is 0 Å². The van der Waals surface area contributed by atoms with Crippen molar-refractivity contribution in [1.29, 1.82) is 0 Å². The molecule has 1 fully saturated rings. The smallest absolute Gasteiger partial charge is 0.0571 e. The number of hydrogen-bond acceptors (Lipinski definition) is 4. The van der Waals surface area contributed by atoms with E-state index in [1.54, 1.807) is 0 Å². The van der Waals surface area contributed by atoms with E-state index in [0.717, 1.165) is 12.2 Å². The average molecular weight is 262 g/mol. The second-order valence-corrected chi connectivity index (χ2v) is 5.61. The second kappa shape index (κ2) is 6.35. The van der Waals surface area contributed by atoms with Gasteiger partial charge in [-0.15, -0.1) is 0 Å². The molecule has 1 aliphatic rings. The number of nitrogens with one attached hydrogen (secondary N) is 1. The number of anilines is 1. The van der Waals surface area contributed by atoms with Crippen molar-refractivity contribution >= 4 is 5.69 Å². The van der Waals surface area contributed by atoms with E-state index in [4.69, 9.17) is 0 Å². The van der Waals surface area contributed by atoms with Crippen molar-refractivity contribution in [3.8, 4) is 0 Å². The summed E-state index contributed by atoms with van der Waals surface area (Å²) in [4.78, 5) is 9.32. The van der Waals surface area contributed by atoms with Crippen LogP contribution in [0.3, 0.4) is 0 Å². The second-order valence-electron chi connectivity index (χ2n) is 5.61. The molecule has 1 aliphatic heterocycles. The van der Waals surface area contributed by atoms with Gasteiger partial charge in [0.15, 0.2) is 0 Å². The maximum atomic E-state index is 4.55. The van der Waals surface area contributed by atoms with Gasteiger partial charge in [-0.25, -0.2) is 0 Å². The molecule has 1 saturated heterocycles. The fourth-order valence-corrected chi connectivity index (χ4v) is 2.66. The van der Waals surface area contributed by atoms with Crippen LogP contribution < -0.4 is 10.2 Å². The summed E-state index contributed by atoms with van der Waals surface area (Å²) in [6, 6.07) is 5.28. The van der Waals surface area contributed by atoms with Crippen molar-refractivity contribution in [3.63, 3.8) is 0 Å². The fourth-order valence-electron chi connectivity index (χ4n) is 2.66. The summed E-state index contributed by atoms with van der Waals surface area (Å²) in [5.74, 6) is 0. The number of nitrogens with zero attached hydrogens (tertiary/aromatic N) is 3. The van der Waals surface area contributed by atoms with Crippen molar-refractivity contribution in [2.24, 2.45) is 0 Å². The highest BCUT2D eigenvalue weighted by Crippen LogP contribution is 2.20. The molecule has 0 bridgehead atoms. The first-order valence-electron chi connectivity index (χ1n) is 7.16. The minimum atomic E-state index is 0.306. The Morgan fingerprint density at radius 1 is 1.53 bits per heavy atom. The van der Waals surface area contributed by atoms with Gasteiger partial charge in [0, 0.05) is 25.7 Å². The van der Waals surface area contributed by atoms with Gasteiger partial charge in [0.05, 0.1) is 17.6 Å². The molecule has 0 radical (unpaired) electrons. The Kier molecular flexibility index (Phi) is 4.77. The van der Waals surface area contributed by atoms with Crippen molar-refractivity contribution in [2.45, 2.75) is 31.8 Å². The summed E-state index contributed by atoms with van der Waals surface area (Å²) in [5, 5.41) is 3.21. The molecular weight excluding hydrogens is 236 g/mol. The lowest BCUT2D eigenvalue weighted by Crippen LogP contribution is -2.36. The van der Waals surface area contributed by atoms with Gasteiger partial charge in [0.25, 0.3) is 0 Å². The molecule has 0 aromatic carbocycles. The van der Waals surface area contributed by atoms with E-state index >= 15 is 0 Å². The Morgan fingerprint density at radius 2 is 2.32 bits per heavy atom. The highest BCUT2D eigenvalue weighted by molar-refractivity contribution is 5.44. The monoisotopic (exact) mass is 262 g/mol. The molecule has 4 heteroatoms. The van der Waals surface area contributed by atoms with E-state index in [-0.39, 0.29) is 0 Å². The van der Waals surface area contributed by atoms with Crippen LogP contribution in [-0.2, 0) is 0 Å². The van der Waals surface area contributed by atoms with E-state index in [2.05, 4.69) is 53.3 Å². The van der Waals surface area contributed by atoms with Crippen molar-refractivity contribution in [3.05, 3.63) is 24.0 Å². The van der Waals surface area contributed by atoms with Crippen LogP contribution in [0.1, 0.15) is 31.5 Å². The molecule has 0 aliphatic carbocycles. The third-order valence-corrected chi connectivity index (χ3v) is 4.24. The molecule has 1 aromatic rings. The van der Waals surface area contributed by atoms with E-state index in [0.29, 0.717) is 12.1 Å². The number of hydrogen-bond donors (Lipinski definition) is 1. The van der Waals surface area contributed by atoms with Crippen LogP contribution in [0.15, 0.2) is 18.3 Å². The van der Waals surface area contributed by atoms with Gasteiger partial charge in [-0.1, -0.05) is 0 Å². The minimum Gasteiger partial charge on any atom is -0.372 e. The third kappa shape index (κ3) is 3.45. The van der Waals surface area contributed by atoms with Crippen molar-refractivity contribution < 1.29 is 0 Å². The SMILES string of the molecule is CNC(C)c1ccc(N(C)CC2CCCN2C)cn1. The Bertz CT molecular complexity index is 390. The van der Waals surface area contributed by atoms with Crippen LogP contribution in [0.4, 0.5) is 5.69 Å². The quantitative estimate of drug-likeness (QED) is 0.878. The Labute approximate surface area is 116 Å². The normalized spacial score (nSPS) is 21.6. The maximum Gasteiger partial charge on any atom is 0.0571 e. The van der Waals surface area contributed by atoms with Crippen molar-refractivity contribution in [1.82, 2.24) is 15.2 Å². The topological polar surface area (TPSA) is 31.4 Å². The molecule has 2 heterocycles. The molecule has 2 atom stereocenters. The van der Waals surface area contributed by atoms with Crippen LogP contribution >= 0.6 is 0 Å². The molecule has 4 nitrogen and oxygen atoms in total. The lowest BCUT2D eigenvalue weighted by molar-refractivity contribution is 0.314. The number of pyridine rings is 1. The molecule has 2 rings (SSSR count). The molecule has 0 saturated carbocycles. The zero-order chi connectivity index (χ0) is 13.8. The van der Waals surface area contributed by atoms with Gasteiger partial charge in [-0.3, -0.25) is 4.98 Å². The molecule has 19 heavy (non-hydrogen) atoms. The summed E-state index contributed by atoms with van der Waals surface area (Å²) < 4.78 is 0. The molecular formula is C15H26N4. The van der Waals surface area contributed by atoms with E-state index < -0.39 is 0 Å². The first-order chi connectivity index (χ1) is 9.11. The molecule has 2 unspecified atom stereocenters. The summed E-state index contributed by atoms with van der Waals surface area (Å²) >= 11 is 0. The zero-order valence-electron chi connectivity index (χ0n) is 12.6. The molecule has 106 valence electrons. The van der Waals surface area contributed by atoms with Gasteiger partial charge in [0.2, 0.25) is 0 Å². The minimum absolute atomic E-state index is 0.306. The largest absolute Gasteiger partial charge is 0.372 e. The van der Waals surface area contributed by atoms with Gasteiger partial charge in [-0.2, -0.15) is 0 Å². The van der Waals surface area contributed by atoms with Gasteiger partial charge in [-0.05, 0) is 52.5 Å².